The third kappa shape index (κ3) is 8.11. The molecule has 0 saturated carbocycles. The normalized spacial score (nSPS) is 13.3. The van der Waals surface area contributed by atoms with Crippen LogP contribution >= 0.6 is 0 Å². The van der Waals surface area contributed by atoms with Crippen molar-refractivity contribution in [2.75, 3.05) is 70.0 Å². The van der Waals surface area contributed by atoms with Crippen molar-refractivity contribution in [2.45, 2.75) is 13.0 Å². The number of methoxy groups -OCH3 is 2. The summed E-state index contributed by atoms with van der Waals surface area (Å²) >= 11 is 0. The second-order valence-electron chi connectivity index (χ2n) is 9.50. The van der Waals surface area contributed by atoms with Crippen molar-refractivity contribution < 1.29 is 23.8 Å². The zero-order chi connectivity index (χ0) is 28.3. The van der Waals surface area contributed by atoms with Gasteiger partial charge in [0.25, 0.3) is 5.91 Å². The fourth-order valence-corrected chi connectivity index (χ4v) is 4.43. The predicted molar refractivity (Wildman–Crippen MR) is 156 cm³/mol. The number of nitrogens with two attached hydrogens (primary N) is 1. The van der Waals surface area contributed by atoms with Crippen LogP contribution in [-0.2, 0) is 11.3 Å². The molecule has 4 rings (SSSR count). The highest BCUT2D eigenvalue weighted by atomic mass is 16.5. The number of amides is 3. The molecule has 0 bridgehead atoms. The molecule has 1 saturated heterocycles. The van der Waals surface area contributed by atoms with Gasteiger partial charge < -0.3 is 35.5 Å². The largest absolute Gasteiger partial charge is 0.497 e. The van der Waals surface area contributed by atoms with Crippen LogP contribution in [0.25, 0.3) is 0 Å². The fourth-order valence-electron chi connectivity index (χ4n) is 4.43. The first-order chi connectivity index (χ1) is 19.4. The van der Waals surface area contributed by atoms with E-state index in [0.29, 0.717) is 47.2 Å². The van der Waals surface area contributed by atoms with Gasteiger partial charge in [-0.15, -0.1) is 0 Å². The van der Waals surface area contributed by atoms with Crippen LogP contribution < -0.4 is 25.8 Å². The highest BCUT2D eigenvalue weighted by Crippen LogP contribution is 2.26. The molecular formula is C30H37N5O5. The molecule has 0 spiro atoms. The van der Waals surface area contributed by atoms with Gasteiger partial charge in [0.1, 0.15) is 11.5 Å². The summed E-state index contributed by atoms with van der Waals surface area (Å²) in [5.74, 6) is 0.913. The molecule has 1 aliphatic rings. The number of nitrogens with zero attached hydrogens (tertiary/aromatic N) is 2. The number of carbonyl (C=O) groups is 2. The molecule has 3 amide bonds. The van der Waals surface area contributed by atoms with Crippen molar-refractivity contribution in [3.05, 3.63) is 77.9 Å². The van der Waals surface area contributed by atoms with Gasteiger partial charge >= 0.3 is 6.03 Å². The molecule has 0 atom stereocenters. The van der Waals surface area contributed by atoms with Crippen LogP contribution in [0.2, 0.25) is 0 Å². The van der Waals surface area contributed by atoms with E-state index in [1.54, 1.807) is 61.6 Å². The maximum atomic E-state index is 13.4. The Hall–Kier alpha value is -4.28. The Morgan fingerprint density at radius 2 is 1.62 bits per heavy atom. The first-order valence-corrected chi connectivity index (χ1v) is 13.3. The van der Waals surface area contributed by atoms with E-state index < -0.39 is 0 Å². The molecular weight excluding hydrogens is 510 g/mol. The van der Waals surface area contributed by atoms with Crippen molar-refractivity contribution in [3.63, 3.8) is 0 Å². The van der Waals surface area contributed by atoms with Crippen molar-refractivity contribution in [2.24, 2.45) is 0 Å². The number of nitrogens with one attached hydrogen (secondary N) is 2. The molecule has 1 heterocycles. The third-order valence-corrected chi connectivity index (χ3v) is 6.69. The Morgan fingerprint density at radius 3 is 2.27 bits per heavy atom. The molecule has 40 heavy (non-hydrogen) atoms. The third-order valence-electron chi connectivity index (χ3n) is 6.69. The Morgan fingerprint density at radius 1 is 0.950 bits per heavy atom. The molecule has 4 N–H and O–H groups in total. The highest BCUT2D eigenvalue weighted by Gasteiger charge is 2.18. The van der Waals surface area contributed by atoms with E-state index in [9.17, 15) is 9.59 Å². The lowest BCUT2D eigenvalue weighted by Gasteiger charge is -2.28. The summed E-state index contributed by atoms with van der Waals surface area (Å²) in [5, 5.41) is 5.82. The monoisotopic (exact) mass is 547 g/mol. The molecule has 0 aromatic heterocycles. The van der Waals surface area contributed by atoms with Crippen LogP contribution in [0.4, 0.5) is 21.9 Å². The van der Waals surface area contributed by atoms with Crippen LogP contribution in [0.15, 0.2) is 66.7 Å². The fraction of sp³-hybridized carbons (Fsp3) is 0.333. The average Bonchev–Trinajstić information content (AvgIpc) is 2.98. The standard InChI is InChI=1S/C30H37N5O5/c1-38-25-18-24(19-26(20-25)39-2)32-30(37)35(13-5-12-34-14-16-40-17-15-34)21-22-8-10-23(11-9-22)29(36)33-28-7-4-3-6-27(28)31/h3-4,6-11,18-20H,5,12-17,21,31H2,1-2H3,(H,32,37)(H,33,36). The van der Waals surface area contributed by atoms with E-state index in [-0.39, 0.29) is 11.9 Å². The molecule has 0 aliphatic carbocycles. The zero-order valence-electron chi connectivity index (χ0n) is 23.0. The van der Waals surface area contributed by atoms with Crippen LogP contribution in [0.5, 0.6) is 11.5 Å². The van der Waals surface area contributed by atoms with Crippen LogP contribution in [0.3, 0.4) is 0 Å². The smallest absolute Gasteiger partial charge is 0.322 e. The molecule has 0 radical (unpaired) electrons. The number of rotatable bonds is 11. The first kappa shape index (κ1) is 28.7. The molecule has 3 aromatic carbocycles. The molecule has 1 aliphatic heterocycles. The van der Waals surface area contributed by atoms with Crippen LogP contribution in [0, 0.1) is 0 Å². The number of morpholine rings is 1. The summed E-state index contributed by atoms with van der Waals surface area (Å²) in [5.41, 5.74) is 8.99. The van der Waals surface area contributed by atoms with E-state index in [1.807, 2.05) is 24.3 Å². The minimum Gasteiger partial charge on any atom is -0.497 e. The van der Waals surface area contributed by atoms with Crippen LogP contribution in [-0.4, -0.2) is 75.4 Å². The molecule has 1 fully saturated rings. The lowest BCUT2D eigenvalue weighted by atomic mass is 10.1. The van der Waals surface area contributed by atoms with Gasteiger partial charge in [-0.3, -0.25) is 9.69 Å². The quantitative estimate of drug-likeness (QED) is 0.307. The van der Waals surface area contributed by atoms with Gasteiger partial charge in [0, 0.05) is 62.2 Å². The van der Waals surface area contributed by atoms with Crippen molar-refractivity contribution in [3.8, 4) is 11.5 Å². The van der Waals surface area contributed by atoms with Crippen LogP contribution in [0.1, 0.15) is 22.3 Å². The number of anilines is 3. The van der Waals surface area contributed by atoms with Gasteiger partial charge in [0.2, 0.25) is 0 Å². The van der Waals surface area contributed by atoms with Gasteiger partial charge in [0.05, 0.1) is 38.8 Å². The number of benzene rings is 3. The summed E-state index contributed by atoms with van der Waals surface area (Å²) in [4.78, 5) is 30.3. The van der Waals surface area contributed by atoms with Gasteiger partial charge in [-0.05, 0) is 36.2 Å². The maximum absolute atomic E-state index is 13.4. The summed E-state index contributed by atoms with van der Waals surface area (Å²) in [7, 11) is 3.13. The zero-order valence-corrected chi connectivity index (χ0v) is 23.0. The van der Waals surface area contributed by atoms with E-state index in [0.717, 1.165) is 44.8 Å². The van der Waals surface area contributed by atoms with Crippen molar-refractivity contribution >= 4 is 29.0 Å². The van der Waals surface area contributed by atoms with Crippen molar-refractivity contribution in [1.82, 2.24) is 9.80 Å². The SMILES string of the molecule is COc1cc(NC(=O)N(CCCN2CCOCC2)Cc2ccc(C(=O)Nc3ccccc3N)cc2)cc(OC)c1. The Bertz CT molecular complexity index is 1260. The number of hydrogen-bond donors (Lipinski definition) is 3. The Kier molecular flexibility index (Phi) is 10.2. The van der Waals surface area contributed by atoms with Gasteiger partial charge in [0.15, 0.2) is 0 Å². The summed E-state index contributed by atoms with van der Waals surface area (Å²) in [6.07, 6.45) is 0.813. The number of hydrogen-bond acceptors (Lipinski definition) is 7. The van der Waals surface area contributed by atoms with E-state index in [2.05, 4.69) is 15.5 Å². The topological polar surface area (TPSA) is 118 Å². The number of urea groups is 1. The average molecular weight is 548 g/mol. The molecule has 10 nitrogen and oxygen atoms in total. The van der Waals surface area contributed by atoms with Gasteiger partial charge in [-0.25, -0.2) is 4.79 Å². The number of nitrogen functional groups attached to an aromatic ring is 1. The first-order valence-electron chi connectivity index (χ1n) is 13.3. The molecule has 10 heteroatoms. The van der Waals surface area contributed by atoms with Crippen molar-refractivity contribution in [1.29, 1.82) is 0 Å². The predicted octanol–water partition coefficient (Wildman–Crippen LogP) is 4.29. The summed E-state index contributed by atoms with van der Waals surface area (Å²) < 4.78 is 16.1. The second-order valence-corrected chi connectivity index (χ2v) is 9.50. The lowest BCUT2D eigenvalue weighted by Crippen LogP contribution is -2.40. The van der Waals surface area contributed by atoms with Gasteiger partial charge in [-0.2, -0.15) is 0 Å². The molecule has 3 aromatic rings. The number of carbonyl (C=O) groups excluding carboxylic acids is 2. The molecule has 212 valence electrons. The lowest BCUT2D eigenvalue weighted by molar-refractivity contribution is 0.0365. The number of para-hydroxylation sites is 2. The minimum absolute atomic E-state index is 0.237. The number of ether oxygens (including phenoxy) is 3. The minimum atomic E-state index is -0.253. The second kappa shape index (κ2) is 14.2. The van der Waals surface area contributed by atoms with E-state index >= 15 is 0 Å². The summed E-state index contributed by atoms with van der Waals surface area (Å²) in [6.45, 7) is 5.07. The van der Waals surface area contributed by atoms with E-state index in [1.165, 1.54) is 0 Å². The Balaban J connectivity index is 1.44. The Labute approximate surface area is 235 Å². The van der Waals surface area contributed by atoms with E-state index in [4.69, 9.17) is 19.9 Å². The maximum Gasteiger partial charge on any atom is 0.322 e. The highest BCUT2D eigenvalue weighted by molar-refractivity contribution is 6.05. The molecule has 0 unspecified atom stereocenters. The van der Waals surface area contributed by atoms with Gasteiger partial charge in [-0.1, -0.05) is 24.3 Å². The summed E-state index contributed by atoms with van der Waals surface area (Å²) in [6, 6.07) is 19.4.